The van der Waals surface area contributed by atoms with Crippen LogP contribution in [0.2, 0.25) is 0 Å². The maximum Gasteiger partial charge on any atom is 0.245 e. The lowest BCUT2D eigenvalue weighted by atomic mass is 9.93. The molecule has 2 amide bonds. The van der Waals surface area contributed by atoms with E-state index in [9.17, 15) is 14.0 Å². The molecule has 5 aromatic rings. The van der Waals surface area contributed by atoms with Gasteiger partial charge < -0.3 is 19.7 Å². The third kappa shape index (κ3) is 6.04. The van der Waals surface area contributed by atoms with Crippen molar-refractivity contribution in [3.63, 3.8) is 0 Å². The van der Waals surface area contributed by atoms with Gasteiger partial charge in [0.15, 0.2) is 0 Å². The number of hydrogen-bond donors (Lipinski definition) is 1. The van der Waals surface area contributed by atoms with Gasteiger partial charge in [0, 0.05) is 71.3 Å². The molecule has 0 radical (unpaired) electrons. The van der Waals surface area contributed by atoms with Crippen molar-refractivity contribution in [2.24, 2.45) is 0 Å². The molecule has 2 aromatic carbocycles. The summed E-state index contributed by atoms with van der Waals surface area (Å²) >= 11 is 1.59. The van der Waals surface area contributed by atoms with Crippen LogP contribution in [0.4, 0.5) is 4.39 Å². The molecule has 0 atom stereocenters. The zero-order chi connectivity index (χ0) is 32.5. The average molecular weight is 652 g/mol. The summed E-state index contributed by atoms with van der Waals surface area (Å²) in [5.74, 6) is -0.0238. The highest BCUT2D eigenvalue weighted by molar-refractivity contribution is 7.18. The van der Waals surface area contributed by atoms with Gasteiger partial charge in [0.25, 0.3) is 0 Å². The van der Waals surface area contributed by atoms with Crippen molar-refractivity contribution in [1.29, 1.82) is 0 Å². The summed E-state index contributed by atoms with van der Waals surface area (Å²) in [6.45, 7) is 5.98. The lowest BCUT2D eigenvalue weighted by Gasteiger charge is -2.31. The smallest absolute Gasteiger partial charge is 0.245 e. The molecular formula is C36H34FN5O4S. The molecule has 0 unspecified atom stereocenters. The third-order valence-corrected chi connectivity index (χ3v) is 9.80. The number of aromatic nitrogens is 3. The van der Waals surface area contributed by atoms with Crippen LogP contribution < -0.4 is 10.1 Å². The molecule has 1 saturated heterocycles. The number of likely N-dealkylation sites (tertiary alicyclic amines) is 1. The molecule has 47 heavy (non-hydrogen) atoms. The standard InChI is InChI=1S/C36H34FN5O4S/c1-3-32(44)41-11-8-27(9-12-41)42-21-25(20-39-42)35-33(28-7-6-26(37)18-30(28)46-14-13-45-2)36-29(10-15-47-36)34(40-35)23-5-4-22-17-31(43)38-19-24(22)16-23/h3-7,10,15-16,18,20-21,27H,1,8-9,11-14,17,19H2,2H3,(H,38,43). The van der Waals surface area contributed by atoms with E-state index in [1.807, 2.05) is 39.5 Å². The lowest BCUT2D eigenvalue weighted by molar-refractivity contribution is -0.127. The highest BCUT2D eigenvalue weighted by atomic mass is 32.1. The summed E-state index contributed by atoms with van der Waals surface area (Å²) in [5.41, 5.74) is 6.92. The number of pyridine rings is 1. The van der Waals surface area contributed by atoms with Crippen LogP contribution in [-0.2, 0) is 27.3 Å². The second kappa shape index (κ2) is 13.1. The van der Waals surface area contributed by atoms with Gasteiger partial charge in [-0.25, -0.2) is 9.37 Å². The maximum absolute atomic E-state index is 14.6. The quantitative estimate of drug-likeness (QED) is 0.151. The molecule has 0 spiro atoms. The fraction of sp³-hybridized carbons (Fsp3) is 0.278. The van der Waals surface area contributed by atoms with Crippen LogP contribution in [-0.4, -0.2) is 64.9 Å². The van der Waals surface area contributed by atoms with E-state index in [0.717, 1.165) is 62.0 Å². The van der Waals surface area contributed by atoms with E-state index in [0.29, 0.717) is 44.1 Å². The van der Waals surface area contributed by atoms with Gasteiger partial charge in [-0.3, -0.25) is 14.3 Å². The summed E-state index contributed by atoms with van der Waals surface area (Å²) in [5, 5.41) is 10.7. The zero-order valence-electron chi connectivity index (χ0n) is 26.0. The Labute approximate surface area is 275 Å². The number of fused-ring (bicyclic) bond motifs is 2. The second-order valence-electron chi connectivity index (χ2n) is 11.7. The Bertz CT molecular complexity index is 1990. The molecule has 2 aliphatic rings. The van der Waals surface area contributed by atoms with Crippen LogP contribution in [0.3, 0.4) is 0 Å². The number of rotatable bonds is 9. The predicted octanol–water partition coefficient (Wildman–Crippen LogP) is 6.18. The number of carbonyl (C=O) groups excluding carboxylic acids is 2. The van der Waals surface area contributed by atoms with E-state index in [1.165, 1.54) is 18.2 Å². The molecule has 1 N–H and O–H groups in total. The number of halogens is 1. The zero-order valence-corrected chi connectivity index (χ0v) is 26.8. The highest BCUT2D eigenvalue weighted by Crippen LogP contribution is 2.46. The number of ether oxygens (including phenoxy) is 2. The van der Waals surface area contributed by atoms with Gasteiger partial charge >= 0.3 is 0 Å². The molecule has 11 heteroatoms. The summed E-state index contributed by atoms with van der Waals surface area (Å²) in [7, 11) is 1.60. The summed E-state index contributed by atoms with van der Waals surface area (Å²) in [6, 6.07) is 12.9. The Balaban J connectivity index is 1.37. The largest absolute Gasteiger partial charge is 0.490 e. The number of methoxy groups -OCH3 is 1. The van der Waals surface area contributed by atoms with E-state index < -0.39 is 5.82 Å². The molecule has 0 saturated carbocycles. The van der Waals surface area contributed by atoms with Gasteiger partial charge in [-0.1, -0.05) is 18.7 Å². The van der Waals surface area contributed by atoms with Gasteiger partial charge in [-0.15, -0.1) is 11.3 Å². The van der Waals surface area contributed by atoms with Crippen LogP contribution in [0.25, 0.3) is 43.7 Å². The summed E-state index contributed by atoms with van der Waals surface area (Å²) in [4.78, 5) is 31.3. The van der Waals surface area contributed by atoms with Crippen molar-refractivity contribution >= 4 is 33.2 Å². The topological polar surface area (TPSA) is 98.6 Å². The van der Waals surface area contributed by atoms with Gasteiger partial charge in [0.2, 0.25) is 11.8 Å². The first-order chi connectivity index (χ1) is 22.9. The van der Waals surface area contributed by atoms with Crippen molar-refractivity contribution in [2.75, 3.05) is 33.4 Å². The van der Waals surface area contributed by atoms with E-state index in [4.69, 9.17) is 19.6 Å². The van der Waals surface area contributed by atoms with Crippen molar-refractivity contribution in [2.45, 2.75) is 31.8 Å². The van der Waals surface area contributed by atoms with Crippen molar-refractivity contribution < 1.29 is 23.5 Å². The second-order valence-corrected chi connectivity index (χ2v) is 12.7. The number of nitrogens with zero attached hydrogens (tertiary/aromatic N) is 4. The lowest BCUT2D eigenvalue weighted by Crippen LogP contribution is -2.38. The summed E-state index contributed by atoms with van der Waals surface area (Å²) in [6.07, 6.45) is 7.11. The minimum atomic E-state index is -0.398. The first kappa shape index (κ1) is 30.8. The van der Waals surface area contributed by atoms with E-state index in [-0.39, 0.29) is 24.5 Å². The molecule has 0 aliphatic carbocycles. The van der Waals surface area contributed by atoms with Crippen LogP contribution >= 0.6 is 11.3 Å². The van der Waals surface area contributed by atoms with Crippen LogP contribution in [0.5, 0.6) is 5.75 Å². The number of nitrogens with one attached hydrogen (secondary N) is 1. The Morgan fingerprint density at radius 1 is 1.11 bits per heavy atom. The van der Waals surface area contributed by atoms with Crippen molar-refractivity contribution in [3.05, 3.63) is 89.8 Å². The molecule has 7 rings (SSSR count). The van der Waals surface area contributed by atoms with Crippen LogP contribution in [0.1, 0.15) is 30.0 Å². The van der Waals surface area contributed by atoms with Gasteiger partial charge in [-0.2, -0.15) is 5.10 Å². The summed E-state index contributed by atoms with van der Waals surface area (Å²) < 4.78 is 28.8. The normalized spacial score (nSPS) is 15.0. The molecule has 5 heterocycles. The maximum atomic E-state index is 14.6. The number of benzene rings is 2. The third-order valence-electron chi connectivity index (χ3n) is 8.87. The number of piperidine rings is 1. The number of amides is 2. The van der Waals surface area contributed by atoms with Crippen LogP contribution in [0.15, 0.2) is 72.9 Å². The van der Waals surface area contributed by atoms with Crippen molar-refractivity contribution in [3.8, 4) is 39.4 Å². The van der Waals surface area contributed by atoms with E-state index in [1.54, 1.807) is 24.5 Å². The Morgan fingerprint density at radius 2 is 1.96 bits per heavy atom. The van der Waals surface area contributed by atoms with Crippen LogP contribution in [0, 0.1) is 5.82 Å². The molecule has 240 valence electrons. The highest BCUT2D eigenvalue weighted by Gasteiger charge is 2.27. The minimum Gasteiger partial charge on any atom is -0.490 e. The van der Waals surface area contributed by atoms with Crippen molar-refractivity contribution in [1.82, 2.24) is 25.0 Å². The Kier molecular flexibility index (Phi) is 8.57. The molecular weight excluding hydrogens is 617 g/mol. The first-order valence-corrected chi connectivity index (χ1v) is 16.5. The van der Waals surface area contributed by atoms with Gasteiger partial charge in [0.1, 0.15) is 18.2 Å². The predicted molar refractivity (Wildman–Crippen MR) is 180 cm³/mol. The Morgan fingerprint density at radius 3 is 2.77 bits per heavy atom. The monoisotopic (exact) mass is 651 g/mol. The number of thiophene rings is 1. The molecule has 3 aromatic heterocycles. The fourth-order valence-electron chi connectivity index (χ4n) is 6.44. The van der Waals surface area contributed by atoms with E-state index >= 15 is 0 Å². The van der Waals surface area contributed by atoms with Gasteiger partial charge in [0.05, 0.1) is 36.7 Å². The minimum absolute atomic E-state index is 0.0213. The van der Waals surface area contributed by atoms with Gasteiger partial charge in [-0.05, 0) is 59.7 Å². The molecule has 2 aliphatic heterocycles. The number of hydrogen-bond acceptors (Lipinski definition) is 7. The molecule has 0 bridgehead atoms. The fourth-order valence-corrected chi connectivity index (χ4v) is 7.40. The molecule has 9 nitrogen and oxygen atoms in total. The first-order valence-electron chi connectivity index (χ1n) is 15.6. The Hall–Kier alpha value is -4.87. The van der Waals surface area contributed by atoms with E-state index in [2.05, 4.69) is 24.0 Å². The average Bonchev–Trinajstić information content (AvgIpc) is 3.79. The molecule has 1 fully saturated rings. The number of carbonyl (C=O) groups is 2. The SMILES string of the molecule is C=CC(=O)N1CCC(n2cc(-c3nc(-c4ccc5c(c4)CNC(=O)C5)c4ccsc4c3-c3ccc(F)cc3OCCOC)cn2)CC1.